The highest BCUT2D eigenvalue weighted by atomic mass is 19.1. The first kappa shape index (κ1) is 34.9. The lowest BCUT2D eigenvalue weighted by molar-refractivity contribution is 0.482. The van der Waals surface area contributed by atoms with Gasteiger partial charge in [0.2, 0.25) is 0 Å². The number of aromatic nitrogens is 4. The maximum Gasteiger partial charge on any atom is 0.137 e. The molecule has 0 aliphatic carbocycles. The molecule has 270 valence electrons. The molecule has 0 bridgehead atoms. The molecular formula is C46H39F3N4O. The van der Waals surface area contributed by atoms with E-state index < -0.39 is 22.9 Å². The van der Waals surface area contributed by atoms with Gasteiger partial charge in [0, 0.05) is 57.8 Å². The van der Waals surface area contributed by atoms with Crippen molar-refractivity contribution in [1.82, 2.24) is 19.3 Å². The molecule has 8 rings (SSSR count). The minimum absolute atomic E-state index is 0.0544. The fourth-order valence-electron chi connectivity index (χ4n) is 7.20. The summed E-state index contributed by atoms with van der Waals surface area (Å²) in [7, 11) is 0. The van der Waals surface area contributed by atoms with E-state index in [1.807, 2.05) is 106 Å². The summed E-state index contributed by atoms with van der Waals surface area (Å²) in [5.74, 6) is -1.01. The number of nitrogens with zero attached hydrogens (tertiary/aromatic N) is 4. The van der Waals surface area contributed by atoms with Crippen molar-refractivity contribution >= 4 is 21.8 Å². The molecule has 3 aromatic heterocycles. The third-order valence-corrected chi connectivity index (χ3v) is 9.68. The van der Waals surface area contributed by atoms with Crippen molar-refractivity contribution in [1.29, 1.82) is 0 Å². The molecule has 0 saturated carbocycles. The first-order valence-corrected chi connectivity index (χ1v) is 17.9. The van der Waals surface area contributed by atoms with E-state index >= 15 is 8.78 Å². The average molecular weight is 721 g/mol. The van der Waals surface area contributed by atoms with Crippen molar-refractivity contribution in [2.45, 2.75) is 52.4 Å². The highest BCUT2D eigenvalue weighted by Gasteiger charge is 2.33. The molecule has 54 heavy (non-hydrogen) atoms. The van der Waals surface area contributed by atoms with Crippen LogP contribution in [0.3, 0.4) is 0 Å². The number of benzene rings is 5. The van der Waals surface area contributed by atoms with Gasteiger partial charge < -0.3 is 4.74 Å². The van der Waals surface area contributed by atoms with Crippen molar-refractivity contribution in [3.05, 3.63) is 156 Å². The zero-order chi connectivity index (χ0) is 37.9. The van der Waals surface area contributed by atoms with E-state index in [2.05, 4.69) is 55.7 Å². The lowest BCUT2D eigenvalue weighted by Gasteiger charge is -2.23. The van der Waals surface area contributed by atoms with E-state index in [0.29, 0.717) is 46.3 Å². The van der Waals surface area contributed by atoms with E-state index in [1.54, 1.807) is 4.68 Å². The third kappa shape index (κ3) is 6.21. The van der Waals surface area contributed by atoms with Gasteiger partial charge in [-0.15, -0.1) is 0 Å². The molecule has 0 saturated heterocycles. The Hall–Kier alpha value is -6.15. The first-order chi connectivity index (χ1) is 25.8. The van der Waals surface area contributed by atoms with Gasteiger partial charge in [-0.05, 0) is 53.4 Å². The second-order valence-corrected chi connectivity index (χ2v) is 15.6. The SMILES string of the molecule is CC(C)(C)c1ccnc(-n2c3ccccc3c3ccc(Oc4cccc(-n5nc(-c6ccccc6)c(-c6c(F)cc(F)cc6F)c5C(C)(C)C)c4)cc32)c1. The smallest absolute Gasteiger partial charge is 0.137 e. The summed E-state index contributed by atoms with van der Waals surface area (Å²) in [6, 6.07) is 36.6. The molecular weight excluding hydrogens is 682 g/mol. The topological polar surface area (TPSA) is 44.9 Å². The molecule has 0 aliphatic heterocycles. The molecule has 0 amide bonds. The van der Waals surface area contributed by atoms with Crippen LogP contribution in [0.5, 0.6) is 11.5 Å². The molecule has 0 atom stereocenters. The number of halogens is 3. The molecule has 5 aromatic carbocycles. The van der Waals surface area contributed by atoms with E-state index in [0.717, 1.165) is 27.6 Å². The molecule has 3 heterocycles. The molecule has 8 aromatic rings. The predicted octanol–water partition coefficient (Wildman–Crippen LogP) is 12.5. The fraction of sp³-hybridized carbons (Fsp3) is 0.174. The van der Waals surface area contributed by atoms with Crippen LogP contribution in [0.2, 0.25) is 0 Å². The van der Waals surface area contributed by atoms with Crippen molar-refractivity contribution < 1.29 is 17.9 Å². The Labute approximate surface area is 312 Å². The second-order valence-electron chi connectivity index (χ2n) is 15.6. The van der Waals surface area contributed by atoms with Crippen molar-refractivity contribution in [2.75, 3.05) is 0 Å². The number of ether oxygens (including phenoxy) is 1. The molecule has 0 radical (unpaired) electrons. The van der Waals surface area contributed by atoms with E-state index in [4.69, 9.17) is 14.8 Å². The summed E-state index contributed by atoms with van der Waals surface area (Å²) in [6.07, 6.45) is 1.86. The van der Waals surface area contributed by atoms with Crippen molar-refractivity contribution in [3.8, 4) is 45.4 Å². The van der Waals surface area contributed by atoms with Gasteiger partial charge in [0.1, 0.15) is 40.5 Å². The average Bonchev–Trinajstić information content (AvgIpc) is 3.68. The number of para-hydroxylation sites is 1. The van der Waals surface area contributed by atoms with Gasteiger partial charge in [-0.2, -0.15) is 5.10 Å². The second kappa shape index (κ2) is 13.1. The van der Waals surface area contributed by atoms with Gasteiger partial charge in [0.15, 0.2) is 0 Å². The van der Waals surface area contributed by atoms with Crippen LogP contribution in [0.1, 0.15) is 52.8 Å². The van der Waals surface area contributed by atoms with E-state index in [-0.39, 0.29) is 16.5 Å². The summed E-state index contributed by atoms with van der Waals surface area (Å²) in [5, 5.41) is 7.18. The molecule has 0 aliphatic rings. The van der Waals surface area contributed by atoms with Crippen LogP contribution in [0.25, 0.3) is 55.7 Å². The number of rotatable bonds is 6. The standard InChI is InChI=1S/C46H39F3N4O/c1-45(2,3)29-21-22-50-40(23-29)52-38-18-11-10-17-34(38)35-20-19-33(27-39(35)52)54-32-16-12-15-31(26-32)53-44(46(4,5)6)42(41-36(48)24-30(47)25-37(41)49)43(51-53)28-13-8-7-9-14-28/h7-27H,1-6H3. The number of fused-ring (bicyclic) bond motifs is 3. The minimum atomic E-state index is -1.00. The summed E-state index contributed by atoms with van der Waals surface area (Å²) < 4.78 is 55.9. The summed E-state index contributed by atoms with van der Waals surface area (Å²) in [5.41, 5.74) is 4.61. The highest BCUT2D eigenvalue weighted by molar-refractivity contribution is 6.09. The van der Waals surface area contributed by atoms with Crippen LogP contribution in [-0.4, -0.2) is 19.3 Å². The van der Waals surface area contributed by atoms with Crippen LogP contribution in [0.15, 0.2) is 128 Å². The highest BCUT2D eigenvalue weighted by Crippen LogP contribution is 2.44. The Morgan fingerprint density at radius 1 is 0.593 bits per heavy atom. The monoisotopic (exact) mass is 720 g/mol. The first-order valence-electron chi connectivity index (χ1n) is 17.9. The number of hydrogen-bond donors (Lipinski definition) is 0. The maximum atomic E-state index is 15.6. The van der Waals surface area contributed by atoms with Crippen molar-refractivity contribution in [3.63, 3.8) is 0 Å². The Kier molecular flexibility index (Phi) is 8.44. The van der Waals surface area contributed by atoms with Crippen LogP contribution >= 0.6 is 0 Å². The van der Waals surface area contributed by atoms with Gasteiger partial charge >= 0.3 is 0 Å². The van der Waals surface area contributed by atoms with Gasteiger partial charge in [-0.25, -0.2) is 22.8 Å². The summed E-state index contributed by atoms with van der Waals surface area (Å²) >= 11 is 0. The van der Waals surface area contributed by atoms with Gasteiger partial charge in [0.05, 0.1) is 28.0 Å². The molecule has 5 nitrogen and oxygen atoms in total. The van der Waals surface area contributed by atoms with Gasteiger partial charge in [-0.1, -0.05) is 96.1 Å². The van der Waals surface area contributed by atoms with Crippen LogP contribution < -0.4 is 4.74 Å². The van der Waals surface area contributed by atoms with Gasteiger partial charge in [0.25, 0.3) is 0 Å². The van der Waals surface area contributed by atoms with Crippen LogP contribution in [-0.2, 0) is 10.8 Å². The Morgan fingerprint density at radius 3 is 2.00 bits per heavy atom. The summed E-state index contributed by atoms with van der Waals surface area (Å²) in [6.45, 7) is 12.4. The minimum Gasteiger partial charge on any atom is -0.457 e. The zero-order valence-electron chi connectivity index (χ0n) is 31.0. The largest absolute Gasteiger partial charge is 0.457 e. The lowest BCUT2D eigenvalue weighted by atomic mass is 9.84. The van der Waals surface area contributed by atoms with Crippen LogP contribution in [0, 0.1) is 17.5 Å². The zero-order valence-corrected chi connectivity index (χ0v) is 31.0. The Balaban J connectivity index is 1.27. The maximum absolute atomic E-state index is 15.6. The quantitative estimate of drug-likeness (QED) is 0.172. The normalized spacial score (nSPS) is 12.2. The van der Waals surface area contributed by atoms with Crippen molar-refractivity contribution in [2.24, 2.45) is 0 Å². The Morgan fingerprint density at radius 2 is 1.28 bits per heavy atom. The number of hydrogen-bond acceptors (Lipinski definition) is 3. The van der Waals surface area contributed by atoms with Gasteiger partial charge in [-0.3, -0.25) is 4.57 Å². The molecule has 8 heteroatoms. The Bertz CT molecular complexity index is 2680. The third-order valence-electron chi connectivity index (χ3n) is 9.68. The molecule has 0 unspecified atom stereocenters. The predicted molar refractivity (Wildman–Crippen MR) is 210 cm³/mol. The molecule has 0 fully saturated rings. The molecule has 0 spiro atoms. The fourth-order valence-corrected chi connectivity index (χ4v) is 7.20. The molecule has 0 N–H and O–H groups in total. The lowest BCUT2D eigenvalue weighted by Crippen LogP contribution is -2.19. The van der Waals surface area contributed by atoms with Crippen LogP contribution in [0.4, 0.5) is 13.2 Å². The number of pyridine rings is 1. The van der Waals surface area contributed by atoms with E-state index in [9.17, 15) is 4.39 Å². The summed E-state index contributed by atoms with van der Waals surface area (Å²) in [4.78, 5) is 4.80. The van der Waals surface area contributed by atoms with E-state index in [1.165, 1.54) is 5.56 Å².